The van der Waals surface area contributed by atoms with Crippen molar-refractivity contribution in [3.05, 3.63) is 38.9 Å². The fourth-order valence-corrected chi connectivity index (χ4v) is 2.57. The van der Waals surface area contributed by atoms with Crippen LogP contribution in [0.15, 0.2) is 21.3 Å². The topological polar surface area (TPSA) is 127 Å². The molecule has 0 saturated carbocycles. The van der Waals surface area contributed by atoms with Gasteiger partial charge in [-0.15, -0.1) is 16.4 Å². The fraction of sp³-hybridized carbons (Fsp3) is 0.167. The average molecular weight is 318 g/mol. The van der Waals surface area contributed by atoms with Gasteiger partial charge in [0, 0.05) is 6.07 Å². The standard InChI is InChI=1S/C12H10N6O3S/c1-5-9(22-6(2)13-5)11-17-18-12(21-11)14-10(20)7-3-4-8(19)16-15-7/h3-4H,1-2H3,(H,16,19)(H,14,18,20). The van der Waals surface area contributed by atoms with E-state index in [1.807, 2.05) is 13.8 Å². The van der Waals surface area contributed by atoms with Crippen LogP contribution in [0.2, 0.25) is 0 Å². The molecule has 0 aliphatic carbocycles. The van der Waals surface area contributed by atoms with E-state index in [2.05, 4.69) is 30.7 Å². The predicted molar refractivity (Wildman–Crippen MR) is 77.7 cm³/mol. The van der Waals surface area contributed by atoms with Crippen LogP contribution in [0.1, 0.15) is 21.2 Å². The van der Waals surface area contributed by atoms with Gasteiger partial charge in [-0.1, -0.05) is 5.10 Å². The highest BCUT2D eigenvalue weighted by Crippen LogP contribution is 2.29. The quantitative estimate of drug-likeness (QED) is 0.741. The summed E-state index contributed by atoms with van der Waals surface area (Å²) < 4.78 is 5.40. The molecule has 2 N–H and O–H groups in total. The zero-order chi connectivity index (χ0) is 15.7. The van der Waals surface area contributed by atoms with Crippen molar-refractivity contribution in [3.63, 3.8) is 0 Å². The Hall–Kier alpha value is -2.88. The van der Waals surface area contributed by atoms with Crippen LogP contribution in [0.3, 0.4) is 0 Å². The number of anilines is 1. The molecule has 0 radical (unpaired) electrons. The molecule has 10 heteroatoms. The van der Waals surface area contributed by atoms with Crippen LogP contribution >= 0.6 is 11.3 Å². The summed E-state index contributed by atoms with van der Waals surface area (Å²) in [6, 6.07) is 2.44. The molecule has 3 rings (SSSR count). The number of aromatic amines is 1. The second-order valence-corrected chi connectivity index (χ2v) is 5.52. The van der Waals surface area contributed by atoms with E-state index in [-0.39, 0.29) is 17.6 Å². The van der Waals surface area contributed by atoms with Gasteiger partial charge in [0.05, 0.1) is 10.7 Å². The molecule has 0 fully saturated rings. The van der Waals surface area contributed by atoms with Crippen molar-refractivity contribution in [2.45, 2.75) is 13.8 Å². The van der Waals surface area contributed by atoms with Crippen molar-refractivity contribution in [2.75, 3.05) is 5.32 Å². The van der Waals surface area contributed by atoms with Crippen molar-refractivity contribution < 1.29 is 9.21 Å². The van der Waals surface area contributed by atoms with E-state index < -0.39 is 11.5 Å². The van der Waals surface area contributed by atoms with E-state index in [0.29, 0.717) is 0 Å². The summed E-state index contributed by atoms with van der Waals surface area (Å²) >= 11 is 1.43. The molecule has 0 atom stereocenters. The van der Waals surface area contributed by atoms with Gasteiger partial charge >= 0.3 is 6.01 Å². The summed E-state index contributed by atoms with van der Waals surface area (Å²) in [6.07, 6.45) is 0. The summed E-state index contributed by atoms with van der Waals surface area (Å²) in [6.45, 7) is 3.72. The van der Waals surface area contributed by atoms with Gasteiger partial charge < -0.3 is 4.42 Å². The highest BCUT2D eigenvalue weighted by atomic mass is 32.1. The molecule has 3 aromatic heterocycles. The Morgan fingerprint density at radius 2 is 2.14 bits per heavy atom. The molecular formula is C12H10N6O3S. The Morgan fingerprint density at radius 3 is 2.77 bits per heavy atom. The van der Waals surface area contributed by atoms with E-state index in [4.69, 9.17) is 4.42 Å². The van der Waals surface area contributed by atoms with Crippen LogP contribution in [-0.2, 0) is 0 Å². The third-order valence-corrected chi connectivity index (χ3v) is 3.72. The van der Waals surface area contributed by atoms with Gasteiger partial charge in [0.2, 0.25) is 0 Å². The van der Waals surface area contributed by atoms with Crippen LogP contribution in [0.25, 0.3) is 10.8 Å². The van der Waals surface area contributed by atoms with E-state index >= 15 is 0 Å². The largest absolute Gasteiger partial charge is 0.402 e. The lowest BCUT2D eigenvalue weighted by Crippen LogP contribution is -2.17. The number of aryl methyl sites for hydroxylation is 2. The van der Waals surface area contributed by atoms with Gasteiger partial charge in [0.25, 0.3) is 17.4 Å². The second-order valence-electron chi connectivity index (χ2n) is 4.32. The SMILES string of the molecule is Cc1nc(C)c(-c2nnc(NC(=O)c3ccc(=O)[nH]n3)o2)s1. The van der Waals surface area contributed by atoms with Crippen molar-refractivity contribution in [2.24, 2.45) is 0 Å². The number of hydrogen-bond acceptors (Lipinski definition) is 8. The van der Waals surface area contributed by atoms with Gasteiger partial charge in [0.1, 0.15) is 10.6 Å². The number of aromatic nitrogens is 5. The molecule has 3 aromatic rings. The molecule has 0 spiro atoms. The first-order valence-corrected chi connectivity index (χ1v) is 6.99. The molecule has 0 unspecified atom stereocenters. The van der Waals surface area contributed by atoms with Gasteiger partial charge in [-0.2, -0.15) is 5.10 Å². The Bertz CT molecular complexity index is 876. The van der Waals surface area contributed by atoms with Gasteiger partial charge in [0.15, 0.2) is 0 Å². The van der Waals surface area contributed by atoms with Crippen LogP contribution in [0, 0.1) is 13.8 Å². The third kappa shape index (κ3) is 2.76. The first-order valence-electron chi connectivity index (χ1n) is 6.18. The Balaban J connectivity index is 1.79. The summed E-state index contributed by atoms with van der Waals surface area (Å²) in [5, 5.41) is 16.7. The molecular weight excluding hydrogens is 308 g/mol. The summed E-state index contributed by atoms with van der Waals surface area (Å²) in [5.41, 5.74) is 0.420. The second kappa shape index (κ2) is 5.48. The molecule has 3 heterocycles. The lowest BCUT2D eigenvalue weighted by atomic mass is 10.4. The van der Waals surface area contributed by atoms with Crippen LogP contribution < -0.4 is 10.9 Å². The third-order valence-electron chi connectivity index (χ3n) is 2.65. The zero-order valence-electron chi connectivity index (χ0n) is 11.6. The normalized spacial score (nSPS) is 10.6. The number of amides is 1. The number of rotatable bonds is 3. The van der Waals surface area contributed by atoms with Crippen molar-refractivity contribution >= 4 is 23.3 Å². The minimum atomic E-state index is -0.566. The smallest absolute Gasteiger partial charge is 0.322 e. The monoisotopic (exact) mass is 318 g/mol. The minimum absolute atomic E-state index is 0.0316. The highest BCUT2D eigenvalue weighted by Gasteiger charge is 2.17. The average Bonchev–Trinajstić information content (AvgIpc) is 3.06. The van der Waals surface area contributed by atoms with Crippen LogP contribution in [0.5, 0.6) is 0 Å². The highest BCUT2D eigenvalue weighted by molar-refractivity contribution is 7.15. The molecule has 0 aromatic carbocycles. The first kappa shape index (κ1) is 14.1. The molecule has 0 aliphatic rings. The summed E-state index contributed by atoms with van der Waals surface area (Å²) in [4.78, 5) is 27.8. The summed E-state index contributed by atoms with van der Waals surface area (Å²) in [7, 11) is 0. The fourth-order valence-electron chi connectivity index (χ4n) is 1.73. The van der Waals surface area contributed by atoms with E-state index in [0.717, 1.165) is 15.6 Å². The van der Waals surface area contributed by atoms with Crippen LogP contribution in [-0.4, -0.2) is 31.3 Å². The molecule has 112 valence electrons. The number of hydrogen-bond donors (Lipinski definition) is 2. The van der Waals surface area contributed by atoms with Crippen molar-refractivity contribution in [1.29, 1.82) is 0 Å². The van der Waals surface area contributed by atoms with Crippen molar-refractivity contribution in [3.8, 4) is 10.8 Å². The van der Waals surface area contributed by atoms with E-state index in [1.54, 1.807) is 0 Å². The van der Waals surface area contributed by atoms with Crippen molar-refractivity contribution in [1.82, 2.24) is 25.4 Å². The van der Waals surface area contributed by atoms with Gasteiger partial charge in [-0.25, -0.2) is 10.1 Å². The van der Waals surface area contributed by atoms with Crippen LogP contribution in [0.4, 0.5) is 6.01 Å². The maximum absolute atomic E-state index is 11.9. The number of carbonyl (C=O) groups is 1. The maximum Gasteiger partial charge on any atom is 0.322 e. The molecule has 22 heavy (non-hydrogen) atoms. The molecule has 0 saturated heterocycles. The molecule has 1 amide bonds. The van der Waals surface area contributed by atoms with E-state index in [9.17, 15) is 9.59 Å². The minimum Gasteiger partial charge on any atom is -0.402 e. The number of nitrogens with one attached hydrogen (secondary N) is 2. The predicted octanol–water partition coefficient (Wildman–Crippen LogP) is 1.15. The number of nitrogens with zero attached hydrogens (tertiary/aromatic N) is 4. The Labute approximate surface area is 127 Å². The van der Waals surface area contributed by atoms with E-state index in [1.165, 1.54) is 23.5 Å². The lowest BCUT2D eigenvalue weighted by Gasteiger charge is -1.97. The molecule has 0 bridgehead atoms. The Morgan fingerprint density at radius 1 is 1.32 bits per heavy atom. The molecule has 0 aliphatic heterocycles. The number of thiazole rings is 1. The Kier molecular flexibility index (Phi) is 3.51. The summed E-state index contributed by atoms with van der Waals surface area (Å²) in [5.74, 6) is -0.281. The van der Waals surface area contributed by atoms with Gasteiger partial charge in [-0.05, 0) is 19.9 Å². The maximum atomic E-state index is 11.9. The first-order chi connectivity index (χ1) is 10.5. The number of carbonyl (C=O) groups excluding carboxylic acids is 1. The molecule has 9 nitrogen and oxygen atoms in total. The zero-order valence-corrected chi connectivity index (χ0v) is 12.4. The number of H-pyrrole nitrogens is 1. The lowest BCUT2D eigenvalue weighted by molar-refractivity contribution is 0.101. The van der Waals surface area contributed by atoms with Gasteiger partial charge in [-0.3, -0.25) is 14.9 Å².